The molecule has 1 atom stereocenters. The van der Waals surface area contributed by atoms with Gasteiger partial charge in [-0.1, -0.05) is 55.1 Å². The minimum Gasteiger partial charge on any atom is -0.490 e. The maximum absolute atomic E-state index is 9.60. The number of para-hydroxylation sites is 1. The molecule has 4 heteroatoms. The monoisotopic (exact) mass is 312 g/mol. The molecule has 1 fully saturated rings. The number of carboxylic acid groups (broad SMARTS) is 1. The number of benzene rings is 2. The van der Waals surface area contributed by atoms with Crippen molar-refractivity contribution in [1.82, 2.24) is 0 Å². The summed E-state index contributed by atoms with van der Waals surface area (Å²) >= 11 is 0. The van der Waals surface area contributed by atoms with Crippen LogP contribution >= 0.6 is 0 Å². The lowest BCUT2D eigenvalue weighted by Crippen LogP contribution is -2.04. The van der Waals surface area contributed by atoms with Gasteiger partial charge in [-0.15, -0.1) is 0 Å². The molecule has 1 heterocycles. The van der Waals surface area contributed by atoms with Crippen LogP contribution in [0, 0.1) is 0 Å². The highest BCUT2D eigenvalue weighted by molar-refractivity contribution is 5.84. The zero-order chi connectivity index (χ0) is 16.7. The Balaban J connectivity index is 0.000000277. The number of carbonyl (C=O) groups is 1. The summed E-state index contributed by atoms with van der Waals surface area (Å²) < 4.78 is 10.9. The van der Waals surface area contributed by atoms with Crippen molar-refractivity contribution in [1.29, 1.82) is 0 Å². The van der Waals surface area contributed by atoms with Crippen LogP contribution in [0.15, 0.2) is 66.7 Å². The Morgan fingerprint density at radius 2 is 1.78 bits per heavy atom. The number of carboxylic acids is 1. The lowest BCUT2D eigenvalue weighted by molar-refractivity contribution is -0.132. The van der Waals surface area contributed by atoms with E-state index in [9.17, 15) is 4.79 Å². The van der Waals surface area contributed by atoms with E-state index in [2.05, 4.69) is 24.8 Å². The third-order valence-electron chi connectivity index (χ3n) is 3.16. The summed E-state index contributed by atoms with van der Waals surface area (Å²) in [5.74, 6) is -0.01000. The number of ether oxygens (including phenoxy) is 2. The summed E-state index contributed by atoms with van der Waals surface area (Å²) in [5.41, 5.74) is 2.49. The molecule has 1 aliphatic heterocycles. The van der Waals surface area contributed by atoms with Crippen molar-refractivity contribution in [3.63, 3.8) is 0 Å². The van der Waals surface area contributed by atoms with E-state index < -0.39 is 5.97 Å². The van der Waals surface area contributed by atoms with Gasteiger partial charge in [0, 0.05) is 11.1 Å². The molecule has 3 rings (SSSR count). The Labute approximate surface area is 136 Å². The molecule has 23 heavy (non-hydrogen) atoms. The SMILES string of the molecule is C=C(C)C(=O)O.c1ccc(-c2ccccc2OCC2CO2)cc1. The smallest absolute Gasteiger partial charge is 0.330 e. The Morgan fingerprint density at radius 1 is 1.22 bits per heavy atom. The van der Waals surface area contributed by atoms with Gasteiger partial charge in [0.25, 0.3) is 0 Å². The molecule has 0 aromatic heterocycles. The van der Waals surface area contributed by atoms with Gasteiger partial charge in [0.1, 0.15) is 18.5 Å². The maximum Gasteiger partial charge on any atom is 0.330 e. The van der Waals surface area contributed by atoms with E-state index in [0.717, 1.165) is 17.9 Å². The van der Waals surface area contributed by atoms with Gasteiger partial charge in [-0.2, -0.15) is 0 Å². The van der Waals surface area contributed by atoms with E-state index in [1.165, 1.54) is 12.5 Å². The van der Waals surface area contributed by atoms with E-state index >= 15 is 0 Å². The molecule has 1 N–H and O–H groups in total. The highest BCUT2D eigenvalue weighted by Gasteiger charge is 2.23. The predicted octanol–water partition coefficient (Wildman–Crippen LogP) is 3.78. The van der Waals surface area contributed by atoms with E-state index in [0.29, 0.717) is 12.7 Å². The predicted molar refractivity (Wildman–Crippen MR) is 89.6 cm³/mol. The van der Waals surface area contributed by atoms with Gasteiger partial charge >= 0.3 is 5.97 Å². The molecule has 2 aromatic carbocycles. The van der Waals surface area contributed by atoms with Crippen LogP contribution in [-0.4, -0.2) is 30.4 Å². The second kappa shape index (κ2) is 8.15. The molecule has 1 aliphatic rings. The molecule has 0 aliphatic carbocycles. The van der Waals surface area contributed by atoms with Crippen LogP contribution in [0.5, 0.6) is 5.75 Å². The van der Waals surface area contributed by atoms with Gasteiger partial charge in [-0.25, -0.2) is 4.79 Å². The van der Waals surface area contributed by atoms with Crippen LogP contribution in [0.4, 0.5) is 0 Å². The first-order chi connectivity index (χ1) is 11.1. The van der Waals surface area contributed by atoms with Crippen molar-refractivity contribution in [2.45, 2.75) is 13.0 Å². The van der Waals surface area contributed by atoms with Crippen molar-refractivity contribution in [2.24, 2.45) is 0 Å². The third kappa shape index (κ3) is 5.60. The van der Waals surface area contributed by atoms with E-state index in [4.69, 9.17) is 14.6 Å². The van der Waals surface area contributed by atoms with Crippen LogP contribution < -0.4 is 4.74 Å². The lowest BCUT2D eigenvalue weighted by Gasteiger charge is -2.10. The van der Waals surface area contributed by atoms with Gasteiger partial charge < -0.3 is 14.6 Å². The number of hydrogen-bond acceptors (Lipinski definition) is 3. The summed E-state index contributed by atoms with van der Waals surface area (Å²) in [7, 11) is 0. The molecule has 0 saturated carbocycles. The van der Waals surface area contributed by atoms with Crippen molar-refractivity contribution in [2.75, 3.05) is 13.2 Å². The van der Waals surface area contributed by atoms with Gasteiger partial charge in [-0.3, -0.25) is 0 Å². The molecule has 1 unspecified atom stereocenters. The zero-order valence-electron chi connectivity index (χ0n) is 13.1. The third-order valence-corrected chi connectivity index (χ3v) is 3.16. The fourth-order valence-electron chi connectivity index (χ4n) is 1.80. The molecular weight excluding hydrogens is 292 g/mol. The number of epoxide rings is 1. The first-order valence-electron chi connectivity index (χ1n) is 7.35. The second-order valence-corrected chi connectivity index (χ2v) is 5.21. The largest absolute Gasteiger partial charge is 0.490 e. The van der Waals surface area contributed by atoms with Crippen LogP contribution in [-0.2, 0) is 9.53 Å². The summed E-state index contributed by atoms with van der Waals surface area (Å²) in [6, 6.07) is 18.4. The average molecular weight is 312 g/mol. The molecule has 0 amide bonds. The second-order valence-electron chi connectivity index (χ2n) is 5.21. The summed E-state index contributed by atoms with van der Waals surface area (Å²) in [6.45, 7) is 6.07. The van der Waals surface area contributed by atoms with Gasteiger partial charge in [0.05, 0.1) is 6.61 Å². The highest BCUT2D eigenvalue weighted by atomic mass is 16.6. The summed E-state index contributed by atoms with van der Waals surface area (Å²) in [5, 5.41) is 7.89. The molecule has 1 saturated heterocycles. The molecule has 2 aromatic rings. The number of hydrogen-bond donors (Lipinski definition) is 1. The quantitative estimate of drug-likeness (QED) is 0.674. The molecule has 0 radical (unpaired) electrons. The van der Waals surface area contributed by atoms with Gasteiger partial charge in [-0.05, 0) is 18.6 Å². The standard InChI is InChI=1S/C15H14O2.C4H6O2/c1-2-6-12(7-3-1)14-8-4-5-9-15(14)17-11-13-10-16-13;1-3(2)4(5)6/h1-9,13H,10-11H2;1H2,2H3,(H,5,6). The zero-order valence-corrected chi connectivity index (χ0v) is 13.1. The van der Waals surface area contributed by atoms with Crippen molar-refractivity contribution in [3.8, 4) is 16.9 Å². The van der Waals surface area contributed by atoms with Crippen molar-refractivity contribution >= 4 is 5.97 Å². The average Bonchev–Trinajstić information content (AvgIpc) is 3.39. The first kappa shape index (κ1) is 16.8. The maximum atomic E-state index is 9.60. The fraction of sp³-hybridized carbons (Fsp3) is 0.211. The van der Waals surface area contributed by atoms with Crippen molar-refractivity contribution in [3.05, 3.63) is 66.7 Å². The first-order valence-corrected chi connectivity index (χ1v) is 7.35. The number of aliphatic carboxylic acids is 1. The Kier molecular flexibility index (Phi) is 5.94. The van der Waals surface area contributed by atoms with E-state index in [1.807, 2.05) is 36.4 Å². The number of rotatable bonds is 5. The molecule has 120 valence electrons. The topological polar surface area (TPSA) is 59.1 Å². The van der Waals surface area contributed by atoms with Crippen LogP contribution in [0.3, 0.4) is 0 Å². The van der Waals surface area contributed by atoms with Crippen molar-refractivity contribution < 1.29 is 19.4 Å². The summed E-state index contributed by atoms with van der Waals surface area (Å²) in [4.78, 5) is 9.60. The Bertz CT molecular complexity index is 648. The molecule has 0 bridgehead atoms. The minimum absolute atomic E-state index is 0.176. The Hall–Kier alpha value is -2.59. The van der Waals surface area contributed by atoms with Crippen LogP contribution in [0.25, 0.3) is 11.1 Å². The summed E-state index contributed by atoms with van der Waals surface area (Å²) in [6.07, 6.45) is 0.291. The molecular formula is C19H20O4. The van der Waals surface area contributed by atoms with Gasteiger partial charge in [0.2, 0.25) is 0 Å². The Morgan fingerprint density at radius 3 is 2.35 bits per heavy atom. The fourth-order valence-corrected chi connectivity index (χ4v) is 1.80. The van der Waals surface area contributed by atoms with Crippen LogP contribution in [0.1, 0.15) is 6.92 Å². The van der Waals surface area contributed by atoms with E-state index in [1.54, 1.807) is 0 Å². The normalized spacial score (nSPS) is 15.1. The molecule has 4 nitrogen and oxygen atoms in total. The lowest BCUT2D eigenvalue weighted by atomic mass is 10.1. The van der Waals surface area contributed by atoms with Gasteiger partial charge in [0.15, 0.2) is 0 Å². The van der Waals surface area contributed by atoms with E-state index in [-0.39, 0.29) is 5.57 Å². The highest BCUT2D eigenvalue weighted by Crippen LogP contribution is 2.30. The molecule has 0 spiro atoms. The van der Waals surface area contributed by atoms with Crippen LogP contribution in [0.2, 0.25) is 0 Å². The minimum atomic E-state index is -0.935.